The maximum Gasteiger partial charge on any atom is 0.242 e. The molecule has 1 aliphatic heterocycles. The number of nitrogens with one attached hydrogen (secondary N) is 1. The molecule has 122 valence electrons. The van der Waals surface area contributed by atoms with E-state index >= 15 is 0 Å². The van der Waals surface area contributed by atoms with E-state index in [2.05, 4.69) is 26.1 Å². The SMILES string of the molecule is CN(C)S(=O)(=O)c1ccc2c(c1)C1(C)CCNC(C2)C1(C)C. The van der Waals surface area contributed by atoms with Crippen molar-refractivity contribution in [2.24, 2.45) is 5.41 Å². The zero-order chi connectivity index (χ0) is 16.3. The minimum atomic E-state index is -3.38. The van der Waals surface area contributed by atoms with E-state index in [0.717, 1.165) is 19.4 Å². The minimum absolute atomic E-state index is 0.00828. The van der Waals surface area contributed by atoms with Gasteiger partial charge in [-0.1, -0.05) is 26.8 Å². The highest BCUT2D eigenvalue weighted by atomic mass is 32.2. The maximum absolute atomic E-state index is 12.5. The molecule has 1 N–H and O–H groups in total. The van der Waals surface area contributed by atoms with E-state index in [4.69, 9.17) is 0 Å². The van der Waals surface area contributed by atoms with Gasteiger partial charge < -0.3 is 5.32 Å². The molecule has 22 heavy (non-hydrogen) atoms. The van der Waals surface area contributed by atoms with Gasteiger partial charge in [0, 0.05) is 25.6 Å². The third-order valence-electron chi connectivity index (χ3n) is 6.19. The molecule has 2 bridgehead atoms. The summed E-state index contributed by atoms with van der Waals surface area (Å²) >= 11 is 0. The van der Waals surface area contributed by atoms with Crippen LogP contribution >= 0.6 is 0 Å². The van der Waals surface area contributed by atoms with Crippen molar-refractivity contribution < 1.29 is 8.42 Å². The highest BCUT2D eigenvalue weighted by molar-refractivity contribution is 7.89. The predicted molar refractivity (Wildman–Crippen MR) is 88.6 cm³/mol. The maximum atomic E-state index is 12.5. The number of hydrogen-bond acceptors (Lipinski definition) is 3. The Morgan fingerprint density at radius 1 is 1.23 bits per heavy atom. The quantitative estimate of drug-likeness (QED) is 0.907. The fraction of sp³-hybridized carbons (Fsp3) is 0.647. The fourth-order valence-corrected chi connectivity index (χ4v) is 5.03. The molecular weight excluding hydrogens is 296 g/mol. The fourth-order valence-electron chi connectivity index (χ4n) is 4.11. The number of rotatable bonds is 2. The molecule has 1 saturated heterocycles. The van der Waals surface area contributed by atoms with Gasteiger partial charge in [0.15, 0.2) is 0 Å². The molecule has 3 rings (SSSR count). The molecule has 5 heteroatoms. The number of nitrogens with zero attached hydrogens (tertiary/aromatic N) is 1. The molecule has 1 fully saturated rings. The second-order valence-electron chi connectivity index (χ2n) is 7.62. The van der Waals surface area contributed by atoms with Crippen LogP contribution in [-0.2, 0) is 21.9 Å². The van der Waals surface area contributed by atoms with E-state index in [0.29, 0.717) is 10.9 Å². The second kappa shape index (κ2) is 4.79. The standard InChI is InChI=1S/C17H26N2O2S/c1-16(2)15-10-12-6-7-13(22(20,21)19(4)5)11-14(12)17(16,3)8-9-18-15/h6-7,11,15,18H,8-10H2,1-5H3. The lowest BCUT2D eigenvalue weighted by Gasteiger charge is -2.57. The van der Waals surface area contributed by atoms with Crippen LogP contribution in [0.1, 0.15) is 38.3 Å². The summed E-state index contributed by atoms with van der Waals surface area (Å²) in [5, 5.41) is 3.64. The first-order valence-electron chi connectivity index (χ1n) is 7.90. The van der Waals surface area contributed by atoms with E-state index in [1.54, 1.807) is 20.2 Å². The van der Waals surface area contributed by atoms with Crippen molar-refractivity contribution in [2.45, 2.75) is 50.0 Å². The van der Waals surface area contributed by atoms with Crippen LogP contribution in [0, 0.1) is 5.41 Å². The minimum Gasteiger partial charge on any atom is -0.313 e. The third-order valence-corrected chi connectivity index (χ3v) is 8.00. The molecule has 4 nitrogen and oxygen atoms in total. The molecule has 0 amide bonds. The van der Waals surface area contributed by atoms with E-state index in [1.807, 2.05) is 12.1 Å². The molecule has 0 spiro atoms. The van der Waals surface area contributed by atoms with Crippen molar-refractivity contribution in [1.82, 2.24) is 9.62 Å². The van der Waals surface area contributed by atoms with Gasteiger partial charge in [-0.3, -0.25) is 0 Å². The molecule has 2 unspecified atom stereocenters. The number of fused-ring (bicyclic) bond motifs is 4. The van der Waals surface area contributed by atoms with Crippen molar-refractivity contribution in [3.8, 4) is 0 Å². The second-order valence-corrected chi connectivity index (χ2v) is 9.77. The summed E-state index contributed by atoms with van der Waals surface area (Å²) < 4.78 is 26.2. The number of sulfonamides is 1. The predicted octanol–water partition coefficient (Wildman–Crippen LogP) is 2.14. The van der Waals surface area contributed by atoms with Gasteiger partial charge in [0.2, 0.25) is 10.0 Å². The summed E-state index contributed by atoms with van der Waals surface area (Å²) in [4.78, 5) is 0.408. The Bertz CT molecular complexity index is 709. The van der Waals surface area contributed by atoms with Crippen LogP contribution in [0.2, 0.25) is 0 Å². The van der Waals surface area contributed by atoms with Gasteiger partial charge in [-0.25, -0.2) is 12.7 Å². The smallest absolute Gasteiger partial charge is 0.242 e. The Kier molecular flexibility index (Phi) is 3.48. The van der Waals surface area contributed by atoms with Crippen LogP contribution in [0.3, 0.4) is 0 Å². The third kappa shape index (κ3) is 1.99. The van der Waals surface area contributed by atoms with Crippen molar-refractivity contribution in [1.29, 1.82) is 0 Å². The first kappa shape index (κ1) is 16.0. The number of piperidine rings is 1. The Morgan fingerprint density at radius 3 is 2.55 bits per heavy atom. The number of hydrogen-bond donors (Lipinski definition) is 1. The molecule has 1 aromatic carbocycles. The van der Waals surface area contributed by atoms with E-state index in [9.17, 15) is 8.42 Å². The molecule has 1 aromatic rings. The normalized spacial score (nSPS) is 30.2. The first-order valence-corrected chi connectivity index (χ1v) is 9.34. The Hall–Kier alpha value is -0.910. The summed E-state index contributed by atoms with van der Waals surface area (Å²) in [6.07, 6.45) is 2.01. The lowest BCUT2D eigenvalue weighted by atomic mass is 9.51. The first-order chi connectivity index (χ1) is 10.1. The van der Waals surface area contributed by atoms with Crippen LogP contribution in [-0.4, -0.2) is 39.4 Å². The van der Waals surface area contributed by atoms with Crippen molar-refractivity contribution >= 4 is 10.0 Å². The largest absolute Gasteiger partial charge is 0.313 e. The highest BCUT2D eigenvalue weighted by Crippen LogP contribution is 2.53. The van der Waals surface area contributed by atoms with Crippen LogP contribution in [0.5, 0.6) is 0 Å². The molecule has 1 heterocycles. The molecular formula is C17H26N2O2S. The zero-order valence-electron chi connectivity index (χ0n) is 14.1. The van der Waals surface area contributed by atoms with Crippen molar-refractivity contribution in [3.05, 3.63) is 29.3 Å². The van der Waals surface area contributed by atoms with Crippen LogP contribution < -0.4 is 5.32 Å². The van der Waals surface area contributed by atoms with Gasteiger partial charge in [-0.05, 0) is 48.1 Å². The van der Waals surface area contributed by atoms with Gasteiger partial charge in [0.05, 0.1) is 4.90 Å². The molecule has 0 radical (unpaired) electrons. The Morgan fingerprint density at radius 2 is 1.91 bits per heavy atom. The van der Waals surface area contributed by atoms with Gasteiger partial charge >= 0.3 is 0 Å². The summed E-state index contributed by atoms with van der Waals surface area (Å²) in [5.41, 5.74) is 2.63. The van der Waals surface area contributed by atoms with Gasteiger partial charge in [-0.2, -0.15) is 0 Å². The molecule has 1 aliphatic carbocycles. The average molecular weight is 322 g/mol. The molecule has 2 aliphatic rings. The van der Waals surface area contributed by atoms with Crippen LogP contribution in [0.4, 0.5) is 0 Å². The average Bonchev–Trinajstić information content (AvgIpc) is 2.42. The number of benzene rings is 1. The molecule has 0 saturated carbocycles. The Balaban J connectivity index is 2.20. The zero-order valence-corrected chi connectivity index (χ0v) is 14.9. The van der Waals surface area contributed by atoms with Gasteiger partial charge in [-0.15, -0.1) is 0 Å². The summed E-state index contributed by atoms with van der Waals surface area (Å²) in [6.45, 7) is 7.90. The lowest BCUT2D eigenvalue weighted by molar-refractivity contribution is 0.0557. The topological polar surface area (TPSA) is 49.4 Å². The van der Waals surface area contributed by atoms with Gasteiger partial charge in [0.25, 0.3) is 0 Å². The van der Waals surface area contributed by atoms with Crippen molar-refractivity contribution in [2.75, 3.05) is 20.6 Å². The van der Waals surface area contributed by atoms with E-state index in [1.165, 1.54) is 15.4 Å². The van der Waals surface area contributed by atoms with Crippen LogP contribution in [0.25, 0.3) is 0 Å². The Labute approximate surface area is 134 Å². The summed E-state index contributed by atoms with van der Waals surface area (Å²) in [5.74, 6) is 0. The highest BCUT2D eigenvalue weighted by Gasteiger charge is 2.53. The van der Waals surface area contributed by atoms with Crippen LogP contribution in [0.15, 0.2) is 23.1 Å². The summed E-state index contributed by atoms with van der Waals surface area (Å²) in [6, 6.07) is 6.15. The van der Waals surface area contributed by atoms with E-state index in [-0.39, 0.29) is 10.8 Å². The summed E-state index contributed by atoms with van der Waals surface area (Å²) in [7, 11) is -0.215. The monoisotopic (exact) mass is 322 g/mol. The van der Waals surface area contributed by atoms with Gasteiger partial charge in [0.1, 0.15) is 0 Å². The lowest BCUT2D eigenvalue weighted by Crippen LogP contribution is -2.62. The van der Waals surface area contributed by atoms with Crippen molar-refractivity contribution in [3.63, 3.8) is 0 Å². The van der Waals surface area contributed by atoms with E-state index < -0.39 is 10.0 Å². The molecule has 2 atom stereocenters. The molecule has 0 aromatic heterocycles.